The molecule has 2 aromatic carbocycles. The number of fused-ring (bicyclic) bond motifs is 3. The molecule has 0 atom stereocenters. The van der Waals surface area contributed by atoms with E-state index in [9.17, 15) is 5.11 Å². The van der Waals surface area contributed by atoms with Gasteiger partial charge < -0.3 is 24.1 Å². The maximum atomic E-state index is 9.46. The topological polar surface area (TPSA) is 57.2 Å². The Balaban J connectivity index is 0.000000509. The van der Waals surface area contributed by atoms with Crippen LogP contribution in [0.3, 0.4) is 0 Å². The summed E-state index contributed by atoms with van der Waals surface area (Å²) < 4.78 is 20.0. The van der Waals surface area contributed by atoms with Crippen molar-refractivity contribution in [1.82, 2.24) is 0 Å². The quantitative estimate of drug-likeness (QED) is 0.316. The first-order valence-electron chi connectivity index (χ1n) is 13.2. The summed E-state index contributed by atoms with van der Waals surface area (Å²) in [5.74, 6) is 0.164. The van der Waals surface area contributed by atoms with Crippen molar-refractivity contribution in [3.63, 3.8) is 0 Å². The highest BCUT2D eigenvalue weighted by molar-refractivity contribution is 5.78. The first-order chi connectivity index (χ1) is 17.2. The number of rotatable bonds is 13. The first-order valence-corrected chi connectivity index (χ1v) is 13.2. The van der Waals surface area contributed by atoms with Gasteiger partial charge in [0.25, 0.3) is 0 Å². The molecule has 1 aliphatic carbocycles. The minimum atomic E-state index is 0.164. The fourth-order valence-electron chi connectivity index (χ4n) is 3.44. The van der Waals surface area contributed by atoms with Crippen LogP contribution < -0.4 is 0 Å². The summed E-state index contributed by atoms with van der Waals surface area (Å²) >= 11 is 0. The third kappa shape index (κ3) is 13.8. The number of aliphatic hydroxyl groups excluding tert-OH is 1. The Bertz CT molecular complexity index is 648. The summed E-state index contributed by atoms with van der Waals surface area (Å²) in [5, 5.41) is 9.46. The van der Waals surface area contributed by atoms with Crippen LogP contribution in [0.5, 0.6) is 0 Å². The molecule has 0 unspecified atom stereocenters. The lowest BCUT2D eigenvalue weighted by atomic mass is 9.98. The third-order valence-corrected chi connectivity index (χ3v) is 5.29. The molecule has 5 heteroatoms. The van der Waals surface area contributed by atoms with Gasteiger partial charge in [0.2, 0.25) is 0 Å². The molecule has 0 bridgehead atoms. The number of benzene rings is 2. The number of hydrogen-bond acceptors (Lipinski definition) is 5. The molecule has 0 fully saturated rings. The number of hydrogen-bond donors (Lipinski definition) is 1. The standard InChI is InChI=1S/C14H12O.2C7H16O2.C2H6/c15-9-14-12-7-3-1-5-10(12)11-6-2-4-8-13(11)14;2*1-3-4-5-9-7-6-8-2;1-2/h1-8,14-15H,9H2;2*3-7H2,1-2H3;1-2H3. The van der Waals surface area contributed by atoms with Gasteiger partial charge in [-0.2, -0.15) is 0 Å². The summed E-state index contributed by atoms with van der Waals surface area (Å²) in [4.78, 5) is 0. The van der Waals surface area contributed by atoms with Gasteiger partial charge in [0.1, 0.15) is 0 Å². The second-order valence-electron chi connectivity index (χ2n) is 7.83. The van der Waals surface area contributed by atoms with E-state index in [0.29, 0.717) is 13.2 Å². The average molecular weight is 491 g/mol. The molecular formula is C30H50O5. The van der Waals surface area contributed by atoms with E-state index in [1.165, 1.54) is 35.1 Å². The molecule has 2 aromatic rings. The summed E-state index contributed by atoms with van der Waals surface area (Å²) in [6.07, 6.45) is 4.72. The van der Waals surface area contributed by atoms with E-state index in [4.69, 9.17) is 18.9 Å². The number of methoxy groups -OCH3 is 2. The van der Waals surface area contributed by atoms with E-state index in [-0.39, 0.29) is 12.5 Å². The lowest BCUT2D eigenvalue weighted by Crippen LogP contribution is -2.02. The van der Waals surface area contributed by atoms with Gasteiger partial charge in [-0.15, -0.1) is 0 Å². The van der Waals surface area contributed by atoms with E-state index in [1.54, 1.807) is 14.2 Å². The molecule has 0 saturated heterocycles. The van der Waals surface area contributed by atoms with Gasteiger partial charge in [0.05, 0.1) is 33.0 Å². The summed E-state index contributed by atoms with van der Waals surface area (Å²) in [6, 6.07) is 16.6. The van der Waals surface area contributed by atoms with Gasteiger partial charge in [0.15, 0.2) is 0 Å². The highest BCUT2D eigenvalue weighted by atomic mass is 16.5. The third-order valence-electron chi connectivity index (χ3n) is 5.29. The van der Waals surface area contributed by atoms with Crippen molar-refractivity contribution in [3.8, 4) is 11.1 Å². The SMILES string of the molecule is CC.CCCCOCCOC.CCCCOCCOC.OCC1c2ccccc2-c2ccccc21. The van der Waals surface area contributed by atoms with Gasteiger partial charge in [-0.05, 0) is 35.1 Å². The predicted octanol–water partition coefficient (Wildman–Crippen LogP) is 6.72. The fraction of sp³-hybridized carbons (Fsp3) is 0.600. The lowest BCUT2D eigenvalue weighted by Gasteiger charge is -2.08. The van der Waals surface area contributed by atoms with Crippen LogP contribution in [0.25, 0.3) is 11.1 Å². The number of unbranched alkanes of at least 4 members (excludes halogenated alkanes) is 2. The van der Waals surface area contributed by atoms with Crippen LogP contribution in [-0.2, 0) is 18.9 Å². The van der Waals surface area contributed by atoms with Crippen LogP contribution in [0.2, 0.25) is 0 Å². The zero-order valence-electron chi connectivity index (χ0n) is 23.1. The smallest absolute Gasteiger partial charge is 0.0700 e. The van der Waals surface area contributed by atoms with E-state index in [1.807, 2.05) is 26.0 Å². The van der Waals surface area contributed by atoms with Gasteiger partial charge in [-0.25, -0.2) is 0 Å². The van der Waals surface area contributed by atoms with Crippen molar-refractivity contribution in [1.29, 1.82) is 0 Å². The van der Waals surface area contributed by atoms with Crippen LogP contribution in [-0.4, -0.2) is 65.6 Å². The molecule has 3 rings (SSSR count). The van der Waals surface area contributed by atoms with Gasteiger partial charge in [-0.1, -0.05) is 89.1 Å². The van der Waals surface area contributed by atoms with Crippen molar-refractivity contribution in [2.24, 2.45) is 0 Å². The molecule has 5 nitrogen and oxygen atoms in total. The Morgan fingerprint density at radius 1 is 0.629 bits per heavy atom. The fourth-order valence-corrected chi connectivity index (χ4v) is 3.44. The molecule has 1 aliphatic rings. The monoisotopic (exact) mass is 490 g/mol. The molecule has 0 spiro atoms. The number of aliphatic hydroxyl groups is 1. The van der Waals surface area contributed by atoms with Gasteiger partial charge in [0, 0.05) is 33.4 Å². The van der Waals surface area contributed by atoms with E-state index in [2.05, 4.69) is 50.2 Å². The van der Waals surface area contributed by atoms with Crippen molar-refractivity contribution in [2.45, 2.75) is 59.3 Å². The zero-order valence-corrected chi connectivity index (χ0v) is 23.1. The average Bonchev–Trinajstić information content (AvgIpc) is 3.24. The van der Waals surface area contributed by atoms with Gasteiger partial charge in [-0.3, -0.25) is 0 Å². The Morgan fingerprint density at radius 2 is 1.03 bits per heavy atom. The molecule has 1 N–H and O–H groups in total. The minimum absolute atomic E-state index is 0.164. The normalized spacial score (nSPS) is 11.2. The van der Waals surface area contributed by atoms with E-state index in [0.717, 1.165) is 39.3 Å². The molecule has 0 aliphatic heterocycles. The summed E-state index contributed by atoms with van der Waals surface area (Å²) in [5.41, 5.74) is 5.04. The molecule has 0 radical (unpaired) electrons. The largest absolute Gasteiger partial charge is 0.395 e. The van der Waals surface area contributed by atoms with E-state index < -0.39 is 0 Å². The lowest BCUT2D eigenvalue weighted by molar-refractivity contribution is 0.0692. The Kier molecular flexibility index (Phi) is 22.8. The maximum Gasteiger partial charge on any atom is 0.0700 e. The predicted molar refractivity (Wildman–Crippen MR) is 147 cm³/mol. The van der Waals surface area contributed by atoms with E-state index >= 15 is 0 Å². The maximum absolute atomic E-state index is 9.46. The molecule has 200 valence electrons. The Labute approximate surface area is 214 Å². The number of ether oxygens (including phenoxy) is 4. The van der Waals surface area contributed by atoms with Crippen molar-refractivity contribution in [3.05, 3.63) is 59.7 Å². The Hall–Kier alpha value is -1.76. The second kappa shape index (κ2) is 24.0. The van der Waals surface area contributed by atoms with Crippen molar-refractivity contribution in [2.75, 3.05) is 60.5 Å². The minimum Gasteiger partial charge on any atom is -0.395 e. The van der Waals surface area contributed by atoms with Crippen LogP contribution in [0.1, 0.15) is 70.4 Å². The highest BCUT2D eigenvalue weighted by Crippen LogP contribution is 2.43. The van der Waals surface area contributed by atoms with Gasteiger partial charge >= 0.3 is 0 Å². The van der Waals surface area contributed by atoms with Crippen molar-refractivity contribution >= 4 is 0 Å². The summed E-state index contributed by atoms with van der Waals surface area (Å²) in [7, 11) is 3.37. The highest BCUT2D eigenvalue weighted by Gasteiger charge is 2.26. The molecule has 0 amide bonds. The van der Waals surface area contributed by atoms with Crippen LogP contribution >= 0.6 is 0 Å². The molecule has 0 aromatic heterocycles. The molecule has 0 saturated carbocycles. The zero-order chi connectivity index (χ0) is 26.2. The van der Waals surface area contributed by atoms with Crippen LogP contribution in [0, 0.1) is 0 Å². The van der Waals surface area contributed by atoms with Crippen LogP contribution in [0.4, 0.5) is 0 Å². The Morgan fingerprint density at radius 3 is 1.37 bits per heavy atom. The van der Waals surface area contributed by atoms with Crippen molar-refractivity contribution < 1.29 is 24.1 Å². The summed E-state index contributed by atoms with van der Waals surface area (Å²) in [6.45, 7) is 13.1. The second-order valence-corrected chi connectivity index (χ2v) is 7.83. The molecule has 35 heavy (non-hydrogen) atoms. The molecular weight excluding hydrogens is 440 g/mol. The first kappa shape index (κ1) is 33.2. The van der Waals surface area contributed by atoms with Crippen LogP contribution in [0.15, 0.2) is 48.5 Å². The molecule has 0 heterocycles.